The molecule has 0 spiro atoms. The van der Waals surface area contributed by atoms with Gasteiger partial charge >= 0.3 is 0 Å². The Morgan fingerprint density at radius 1 is 1.14 bits per heavy atom. The molecule has 3 rings (SSSR count). The molecule has 0 aliphatic rings. The summed E-state index contributed by atoms with van der Waals surface area (Å²) in [5, 5.41) is 22.3. The van der Waals surface area contributed by atoms with E-state index in [1.54, 1.807) is 31.3 Å². The molecule has 3 aromatic rings. The van der Waals surface area contributed by atoms with Gasteiger partial charge in [-0.25, -0.2) is 0 Å². The van der Waals surface area contributed by atoms with E-state index in [-0.39, 0.29) is 11.5 Å². The van der Waals surface area contributed by atoms with Crippen molar-refractivity contribution in [1.29, 1.82) is 5.26 Å². The smallest absolute Gasteiger partial charge is 0.250 e. The van der Waals surface area contributed by atoms with Gasteiger partial charge in [0.15, 0.2) is 0 Å². The van der Waals surface area contributed by atoms with E-state index >= 15 is 0 Å². The summed E-state index contributed by atoms with van der Waals surface area (Å²) in [4.78, 5) is 14.3. The summed E-state index contributed by atoms with van der Waals surface area (Å²) in [6.45, 7) is 3.77. The lowest BCUT2D eigenvalue weighted by atomic mass is 9.83. The van der Waals surface area contributed by atoms with Crippen molar-refractivity contribution in [3.05, 3.63) is 105 Å². The topological polar surface area (TPSA) is 89.2 Å². The molecule has 0 aliphatic carbocycles. The van der Waals surface area contributed by atoms with Crippen LogP contribution in [-0.4, -0.2) is 15.9 Å². The number of aromatic nitrogens is 1. The van der Waals surface area contributed by atoms with Crippen molar-refractivity contribution in [2.24, 2.45) is 5.16 Å². The van der Waals surface area contributed by atoms with Crippen LogP contribution in [0.2, 0.25) is 0 Å². The van der Waals surface area contributed by atoms with E-state index < -0.39 is 0 Å². The Hall–Kier alpha value is -3.65. The third-order valence-electron chi connectivity index (χ3n) is 4.95. The number of hydrogen-bond acceptors (Lipinski definition) is 4. The van der Waals surface area contributed by atoms with Gasteiger partial charge in [-0.1, -0.05) is 41.6 Å². The summed E-state index contributed by atoms with van der Waals surface area (Å²) < 4.78 is 0. The zero-order valence-electron chi connectivity index (χ0n) is 15.8. The van der Waals surface area contributed by atoms with Crippen molar-refractivity contribution in [1.82, 2.24) is 4.98 Å². The second kappa shape index (κ2) is 8.36. The fraction of sp³-hybridized carbons (Fsp3) is 0.174. The number of pyridine rings is 1. The monoisotopic (exact) mass is 371 g/mol. The summed E-state index contributed by atoms with van der Waals surface area (Å²) in [5.41, 5.74) is 5.42. The van der Waals surface area contributed by atoms with Crippen LogP contribution in [0.25, 0.3) is 0 Å². The molecule has 0 aliphatic heterocycles. The Bertz CT molecular complexity index is 1110. The lowest BCUT2D eigenvalue weighted by Gasteiger charge is -2.21. The molecule has 0 unspecified atom stereocenters. The molecule has 1 heterocycles. The van der Waals surface area contributed by atoms with Gasteiger partial charge < -0.3 is 10.2 Å². The van der Waals surface area contributed by atoms with Crippen LogP contribution in [0.15, 0.2) is 70.7 Å². The van der Waals surface area contributed by atoms with E-state index in [9.17, 15) is 10.0 Å². The standard InChI is InChI=1S/C23H21N3O2/c1-15-5-3-4-6-20(15)21(18-9-7-17(13-24)8-10-18)12-22(26-28)19-11-16(2)23(27)25-14-19/h3-11,14,21,28H,12H2,1-2H3,(H,25,27)/b26-22-/t21-/m1/s1. The average molecular weight is 371 g/mol. The number of nitrogens with one attached hydrogen (secondary N) is 1. The molecule has 0 saturated carbocycles. The third kappa shape index (κ3) is 4.02. The molecule has 1 atom stereocenters. The van der Waals surface area contributed by atoms with Crippen LogP contribution in [0.4, 0.5) is 0 Å². The highest BCUT2D eigenvalue weighted by molar-refractivity contribution is 6.00. The fourth-order valence-electron chi connectivity index (χ4n) is 3.35. The molecule has 0 bridgehead atoms. The summed E-state index contributed by atoms with van der Waals surface area (Å²) >= 11 is 0. The Balaban J connectivity index is 2.05. The summed E-state index contributed by atoms with van der Waals surface area (Å²) in [6.07, 6.45) is 2.01. The second-order valence-electron chi connectivity index (χ2n) is 6.79. The van der Waals surface area contributed by atoms with Crippen molar-refractivity contribution in [2.45, 2.75) is 26.2 Å². The van der Waals surface area contributed by atoms with Gasteiger partial charge in [0, 0.05) is 29.7 Å². The normalized spacial score (nSPS) is 12.4. The van der Waals surface area contributed by atoms with Gasteiger partial charge in [-0.15, -0.1) is 0 Å². The predicted molar refractivity (Wildman–Crippen MR) is 109 cm³/mol. The van der Waals surface area contributed by atoms with E-state index in [2.05, 4.69) is 22.3 Å². The second-order valence-corrected chi connectivity index (χ2v) is 6.79. The maximum absolute atomic E-state index is 11.7. The quantitative estimate of drug-likeness (QED) is 0.399. The highest BCUT2D eigenvalue weighted by atomic mass is 16.4. The van der Waals surface area contributed by atoms with Crippen LogP contribution in [0, 0.1) is 25.2 Å². The first-order chi connectivity index (χ1) is 13.5. The molecule has 5 heteroatoms. The minimum Gasteiger partial charge on any atom is -0.411 e. The molecule has 2 N–H and O–H groups in total. The first-order valence-electron chi connectivity index (χ1n) is 8.99. The highest BCUT2D eigenvalue weighted by Crippen LogP contribution is 2.32. The maximum atomic E-state index is 11.7. The number of nitriles is 1. The number of aryl methyl sites for hydroxylation is 2. The lowest BCUT2D eigenvalue weighted by molar-refractivity contribution is 0.317. The van der Waals surface area contributed by atoms with Crippen LogP contribution in [0.3, 0.4) is 0 Å². The highest BCUT2D eigenvalue weighted by Gasteiger charge is 2.20. The van der Waals surface area contributed by atoms with Gasteiger partial charge in [0.2, 0.25) is 0 Å². The van der Waals surface area contributed by atoms with Crippen molar-refractivity contribution < 1.29 is 5.21 Å². The minimum atomic E-state index is -0.163. The SMILES string of the molecule is Cc1ccccc1[C@H](C/C(=N/O)c1c[nH]c(=O)c(C)c1)c1ccc(C#N)cc1. The van der Waals surface area contributed by atoms with Gasteiger partial charge in [0.05, 0.1) is 17.3 Å². The number of benzene rings is 2. The summed E-state index contributed by atoms with van der Waals surface area (Å²) in [6, 6.07) is 19.4. The van der Waals surface area contributed by atoms with Crippen LogP contribution in [0.1, 0.15) is 45.7 Å². The number of aromatic amines is 1. The summed E-state index contributed by atoms with van der Waals surface area (Å²) in [7, 11) is 0. The Morgan fingerprint density at radius 3 is 2.46 bits per heavy atom. The number of hydrogen-bond donors (Lipinski definition) is 2. The van der Waals surface area contributed by atoms with E-state index in [4.69, 9.17) is 5.26 Å². The van der Waals surface area contributed by atoms with E-state index in [1.165, 1.54) is 0 Å². The number of rotatable bonds is 5. The minimum absolute atomic E-state index is 0.0629. The number of oxime groups is 1. The van der Waals surface area contributed by atoms with E-state index in [1.807, 2.05) is 37.3 Å². The predicted octanol–water partition coefficient (Wildman–Crippen LogP) is 4.26. The van der Waals surface area contributed by atoms with Gasteiger partial charge in [-0.2, -0.15) is 5.26 Å². The summed E-state index contributed by atoms with van der Waals surface area (Å²) in [5.74, 6) is -0.0629. The van der Waals surface area contributed by atoms with Crippen LogP contribution >= 0.6 is 0 Å². The number of H-pyrrole nitrogens is 1. The largest absolute Gasteiger partial charge is 0.411 e. The molecule has 140 valence electrons. The molecular weight excluding hydrogens is 350 g/mol. The first-order valence-corrected chi connectivity index (χ1v) is 8.99. The third-order valence-corrected chi connectivity index (χ3v) is 4.95. The lowest BCUT2D eigenvalue weighted by Crippen LogP contribution is -2.15. The molecule has 0 saturated heterocycles. The Morgan fingerprint density at radius 2 is 1.86 bits per heavy atom. The molecular formula is C23H21N3O2. The molecule has 5 nitrogen and oxygen atoms in total. The van der Waals surface area contributed by atoms with Crippen LogP contribution < -0.4 is 5.56 Å². The van der Waals surface area contributed by atoms with Gasteiger partial charge in [-0.3, -0.25) is 4.79 Å². The van der Waals surface area contributed by atoms with Gasteiger partial charge in [-0.05, 0) is 48.7 Å². The Kier molecular flexibility index (Phi) is 5.71. The van der Waals surface area contributed by atoms with Crippen LogP contribution in [0.5, 0.6) is 0 Å². The first kappa shape index (κ1) is 19.1. The van der Waals surface area contributed by atoms with Gasteiger partial charge in [0.25, 0.3) is 5.56 Å². The zero-order chi connectivity index (χ0) is 20.1. The Labute approximate surface area is 163 Å². The van der Waals surface area contributed by atoms with Gasteiger partial charge in [0.1, 0.15) is 0 Å². The molecule has 2 aromatic carbocycles. The number of nitrogens with zero attached hydrogens (tertiary/aromatic N) is 2. The molecule has 0 radical (unpaired) electrons. The van der Waals surface area contributed by atoms with E-state index in [0.717, 1.165) is 16.7 Å². The average Bonchev–Trinajstić information content (AvgIpc) is 2.72. The van der Waals surface area contributed by atoms with Crippen molar-refractivity contribution in [2.75, 3.05) is 0 Å². The van der Waals surface area contributed by atoms with Crippen molar-refractivity contribution >= 4 is 5.71 Å². The maximum Gasteiger partial charge on any atom is 0.250 e. The van der Waals surface area contributed by atoms with E-state index in [0.29, 0.717) is 28.8 Å². The molecule has 0 fully saturated rings. The molecule has 28 heavy (non-hydrogen) atoms. The molecule has 1 aromatic heterocycles. The molecule has 0 amide bonds. The van der Waals surface area contributed by atoms with Crippen molar-refractivity contribution in [3.63, 3.8) is 0 Å². The fourth-order valence-corrected chi connectivity index (χ4v) is 3.35. The van der Waals surface area contributed by atoms with Crippen molar-refractivity contribution in [3.8, 4) is 6.07 Å². The zero-order valence-corrected chi connectivity index (χ0v) is 15.8. The van der Waals surface area contributed by atoms with Crippen LogP contribution in [-0.2, 0) is 0 Å².